The van der Waals surface area contributed by atoms with Crippen molar-refractivity contribution in [2.45, 2.75) is 19.3 Å². The highest BCUT2D eigenvalue weighted by atomic mass is 35.5. The number of hydrogen-bond donors (Lipinski definition) is 1. The second kappa shape index (κ2) is 7.38. The number of carboxylic acids is 1. The third-order valence-electron chi connectivity index (χ3n) is 5.27. The third-order valence-corrected chi connectivity index (χ3v) is 6.44. The smallest absolute Gasteiger partial charge is 0.311 e. The maximum absolute atomic E-state index is 12.4. The Morgan fingerprint density at radius 2 is 1.96 bits per heavy atom. The Labute approximate surface area is 155 Å². The van der Waals surface area contributed by atoms with Crippen LogP contribution in [0.4, 0.5) is 0 Å². The molecule has 2 fully saturated rings. The maximum atomic E-state index is 12.4. The zero-order valence-electron chi connectivity index (χ0n) is 13.7. The number of rotatable bonds is 6. The van der Waals surface area contributed by atoms with Crippen molar-refractivity contribution in [1.29, 1.82) is 0 Å². The van der Waals surface area contributed by atoms with Crippen molar-refractivity contribution < 1.29 is 19.5 Å². The Morgan fingerprint density at radius 3 is 2.60 bits per heavy atom. The number of carbonyl (C=O) groups excluding carboxylic acids is 2. The summed E-state index contributed by atoms with van der Waals surface area (Å²) in [7, 11) is 0. The van der Waals surface area contributed by atoms with Gasteiger partial charge < -0.3 is 10.0 Å². The second-order valence-corrected chi connectivity index (χ2v) is 8.17. The number of hydrogen-bond acceptors (Lipinski definition) is 4. The van der Waals surface area contributed by atoms with E-state index in [9.17, 15) is 19.5 Å². The van der Waals surface area contributed by atoms with Crippen molar-refractivity contribution in [3.05, 3.63) is 34.9 Å². The molecule has 0 unspecified atom stereocenters. The summed E-state index contributed by atoms with van der Waals surface area (Å²) in [6.45, 7) is 0.828. The molecule has 1 heterocycles. The fraction of sp³-hybridized carbons (Fsp3) is 0.500. The minimum Gasteiger partial charge on any atom is -0.481 e. The molecular formula is C18H20ClNO4S. The highest BCUT2D eigenvalue weighted by Gasteiger charge is 2.55. The number of Topliss-reactive ketones (excluding diaryl/α,β-unsaturated/α-hetero) is 1. The summed E-state index contributed by atoms with van der Waals surface area (Å²) in [6, 6.07) is 6.68. The Hall–Kier alpha value is -1.53. The van der Waals surface area contributed by atoms with Crippen LogP contribution < -0.4 is 0 Å². The Balaban J connectivity index is 1.49. The van der Waals surface area contributed by atoms with Gasteiger partial charge in [-0.3, -0.25) is 14.4 Å². The van der Waals surface area contributed by atoms with Crippen molar-refractivity contribution in [2.24, 2.45) is 11.3 Å². The third kappa shape index (κ3) is 3.70. The van der Waals surface area contributed by atoms with Crippen LogP contribution in [-0.2, 0) is 9.59 Å². The van der Waals surface area contributed by atoms with E-state index in [1.165, 1.54) is 11.8 Å². The predicted octanol–water partition coefficient (Wildman–Crippen LogP) is 2.97. The first-order valence-electron chi connectivity index (χ1n) is 8.30. The second-order valence-electron chi connectivity index (χ2n) is 6.75. The van der Waals surface area contributed by atoms with Crippen molar-refractivity contribution in [2.75, 3.05) is 24.6 Å². The number of fused-ring (bicyclic) bond motifs is 1. The largest absolute Gasteiger partial charge is 0.481 e. The number of carboxylic acid groups (broad SMARTS) is 1. The van der Waals surface area contributed by atoms with E-state index in [2.05, 4.69) is 0 Å². The monoisotopic (exact) mass is 381 g/mol. The van der Waals surface area contributed by atoms with E-state index in [0.717, 1.165) is 12.8 Å². The first-order valence-corrected chi connectivity index (χ1v) is 9.83. The summed E-state index contributed by atoms with van der Waals surface area (Å²) < 4.78 is 0. The highest BCUT2D eigenvalue weighted by Crippen LogP contribution is 2.48. The van der Waals surface area contributed by atoms with Crippen LogP contribution in [0.25, 0.3) is 0 Å². The van der Waals surface area contributed by atoms with Gasteiger partial charge in [-0.25, -0.2) is 0 Å². The lowest BCUT2D eigenvalue weighted by molar-refractivity contribution is -0.149. The average Bonchev–Trinajstić information content (AvgIpc) is 3.13. The van der Waals surface area contributed by atoms with Crippen molar-refractivity contribution >= 4 is 41.0 Å². The Bertz CT molecular complexity index is 693. The van der Waals surface area contributed by atoms with E-state index < -0.39 is 11.4 Å². The quantitative estimate of drug-likeness (QED) is 0.767. The fourth-order valence-electron chi connectivity index (χ4n) is 3.87. The summed E-state index contributed by atoms with van der Waals surface area (Å²) in [5.41, 5.74) is -0.177. The van der Waals surface area contributed by atoms with Crippen LogP contribution in [0.5, 0.6) is 0 Å². The number of thioether (sulfide) groups is 1. The molecule has 0 bridgehead atoms. The van der Waals surface area contributed by atoms with Crippen LogP contribution in [0, 0.1) is 11.3 Å². The van der Waals surface area contributed by atoms with E-state index in [1.54, 1.807) is 29.2 Å². The zero-order chi connectivity index (χ0) is 18.0. The molecule has 1 N–H and O–H groups in total. The van der Waals surface area contributed by atoms with Gasteiger partial charge >= 0.3 is 5.97 Å². The molecule has 5 nitrogen and oxygen atoms in total. The number of benzene rings is 1. The molecule has 134 valence electrons. The molecule has 1 saturated heterocycles. The number of likely N-dealkylation sites (tertiary alicyclic amines) is 1. The van der Waals surface area contributed by atoms with Gasteiger partial charge in [0, 0.05) is 23.7 Å². The highest BCUT2D eigenvalue weighted by molar-refractivity contribution is 8.00. The first-order chi connectivity index (χ1) is 11.9. The van der Waals surface area contributed by atoms with E-state index in [0.29, 0.717) is 30.1 Å². The SMILES string of the molecule is O=C(CSCC(=O)N1C[C@@H]2CCC[C@@]2(C(=O)O)C1)c1ccc(Cl)cc1. The molecule has 0 radical (unpaired) electrons. The van der Waals surface area contributed by atoms with Gasteiger partial charge in [-0.2, -0.15) is 0 Å². The molecule has 1 saturated carbocycles. The number of carbonyl (C=O) groups is 3. The van der Waals surface area contributed by atoms with Gasteiger partial charge in [0.2, 0.25) is 5.91 Å². The minimum absolute atomic E-state index is 0.0465. The summed E-state index contributed by atoms with van der Waals surface area (Å²) >= 11 is 7.07. The molecule has 1 aliphatic carbocycles. The van der Waals surface area contributed by atoms with Gasteiger partial charge in [0.15, 0.2) is 5.78 Å². The maximum Gasteiger partial charge on any atom is 0.311 e. The molecule has 0 aromatic heterocycles. The average molecular weight is 382 g/mol. The molecule has 25 heavy (non-hydrogen) atoms. The number of amides is 1. The van der Waals surface area contributed by atoms with Gasteiger partial charge in [0.05, 0.1) is 16.9 Å². The summed E-state index contributed by atoms with van der Waals surface area (Å²) in [5, 5.41) is 10.1. The number of ketones is 1. The standard InChI is InChI=1S/C18H20ClNO4S/c19-14-5-3-12(4-6-14)15(21)9-25-10-16(22)20-8-13-2-1-7-18(13,11-20)17(23)24/h3-6,13H,1-2,7-11H2,(H,23,24)/t13-,18+/m0/s1. The van der Waals surface area contributed by atoms with Crippen molar-refractivity contribution in [3.63, 3.8) is 0 Å². The lowest BCUT2D eigenvalue weighted by Crippen LogP contribution is -2.37. The van der Waals surface area contributed by atoms with Crippen molar-refractivity contribution in [3.8, 4) is 0 Å². The topological polar surface area (TPSA) is 74.7 Å². The lowest BCUT2D eigenvalue weighted by atomic mass is 9.81. The first kappa shape index (κ1) is 18.3. The molecule has 1 aromatic rings. The molecule has 1 aromatic carbocycles. The van der Waals surface area contributed by atoms with Crippen LogP contribution in [0.2, 0.25) is 5.02 Å². The number of aliphatic carboxylic acids is 1. The predicted molar refractivity (Wildman–Crippen MR) is 97.1 cm³/mol. The van der Waals surface area contributed by atoms with E-state index >= 15 is 0 Å². The lowest BCUT2D eigenvalue weighted by Gasteiger charge is -2.23. The molecule has 1 amide bonds. The Kier molecular flexibility index (Phi) is 5.39. The molecule has 0 spiro atoms. The van der Waals surface area contributed by atoms with Gasteiger partial charge in [-0.05, 0) is 43.0 Å². The molecule has 2 aliphatic rings. The molecule has 3 rings (SSSR count). The Morgan fingerprint density at radius 1 is 1.24 bits per heavy atom. The molecule has 1 aliphatic heterocycles. The van der Waals surface area contributed by atoms with Crippen LogP contribution >= 0.6 is 23.4 Å². The van der Waals surface area contributed by atoms with E-state index in [1.807, 2.05) is 0 Å². The minimum atomic E-state index is -0.782. The van der Waals surface area contributed by atoms with Crippen LogP contribution in [0.1, 0.15) is 29.6 Å². The van der Waals surface area contributed by atoms with E-state index in [-0.39, 0.29) is 29.1 Å². The summed E-state index contributed by atoms with van der Waals surface area (Å²) in [6.07, 6.45) is 2.45. The van der Waals surface area contributed by atoms with Gasteiger partial charge in [0.25, 0.3) is 0 Å². The molecule has 7 heteroatoms. The van der Waals surface area contributed by atoms with Crippen LogP contribution in [0.15, 0.2) is 24.3 Å². The zero-order valence-corrected chi connectivity index (χ0v) is 15.3. The van der Waals surface area contributed by atoms with E-state index in [4.69, 9.17) is 11.6 Å². The van der Waals surface area contributed by atoms with Gasteiger partial charge in [0.1, 0.15) is 0 Å². The summed E-state index contributed by atoms with van der Waals surface area (Å²) in [4.78, 5) is 37.8. The van der Waals surface area contributed by atoms with Crippen molar-refractivity contribution in [1.82, 2.24) is 4.90 Å². The number of halogens is 1. The summed E-state index contributed by atoms with van der Waals surface area (Å²) in [5.74, 6) is -0.430. The molecular weight excluding hydrogens is 362 g/mol. The number of nitrogens with zero attached hydrogens (tertiary/aromatic N) is 1. The fourth-order valence-corrected chi connectivity index (χ4v) is 4.81. The molecule has 2 atom stereocenters. The van der Waals surface area contributed by atoms with Gasteiger partial charge in [-0.15, -0.1) is 11.8 Å². The van der Waals surface area contributed by atoms with Gasteiger partial charge in [-0.1, -0.05) is 18.0 Å². The van der Waals surface area contributed by atoms with Crippen LogP contribution in [0.3, 0.4) is 0 Å². The van der Waals surface area contributed by atoms with Crippen LogP contribution in [-0.4, -0.2) is 52.3 Å². The normalized spacial score (nSPS) is 25.0.